The Morgan fingerprint density at radius 2 is 2.28 bits per heavy atom. The van der Waals surface area contributed by atoms with Crippen molar-refractivity contribution in [3.8, 4) is 11.4 Å². The van der Waals surface area contributed by atoms with Gasteiger partial charge in [-0.25, -0.2) is 0 Å². The van der Waals surface area contributed by atoms with E-state index in [-0.39, 0.29) is 6.10 Å². The number of fused-ring (bicyclic) bond motifs is 1. The molecule has 7 heteroatoms. The summed E-state index contributed by atoms with van der Waals surface area (Å²) in [5.74, 6) is 1.47. The van der Waals surface area contributed by atoms with Crippen LogP contribution in [-0.2, 0) is 11.3 Å². The van der Waals surface area contributed by atoms with Gasteiger partial charge in [-0.1, -0.05) is 48.1 Å². The Labute approximate surface area is 155 Å². The summed E-state index contributed by atoms with van der Waals surface area (Å²) in [6.07, 6.45) is 4.38. The van der Waals surface area contributed by atoms with Crippen LogP contribution in [0.2, 0.25) is 0 Å². The van der Waals surface area contributed by atoms with Crippen LogP contribution >= 0.6 is 23.4 Å². The van der Waals surface area contributed by atoms with E-state index in [1.165, 1.54) is 0 Å². The zero-order valence-corrected chi connectivity index (χ0v) is 15.3. The molecule has 1 unspecified atom stereocenters. The van der Waals surface area contributed by atoms with Crippen molar-refractivity contribution in [1.82, 2.24) is 19.7 Å². The summed E-state index contributed by atoms with van der Waals surface area (Å²) in [7, 11) is 0. The Bertz CT molecular complexity index is 898. The molecule has 1 saturated heterocycles. The fraction of sp³-hybridized carbons (Fsp3) is 0.333. The van der Waals surface area contributed by atoms with Crippen molar-refractivity contribution < 1.29 is 4.74 Å². The number of hydrogen-bond donors (Lipinski definition) is 1. The van der Waals surface area contributed by atoms with Crippen molar-refractivity contribution in [1.29, 1.82) is 0 Å². The lowest BCUT2D eigenvalue weighted by Gasteiger charge is -2.14. The predicted octanol–water partition coefficient (Wildman–Crippen LogP) is 4.45. The number of aromatic nitrogens is 4. The van der Waals surface area contributed by atoms with Crippen molar-refractivity contribution >= 4 is 34.3 Å². The van der Waals surface area contributed by atoms with E-state index < -0.39 is 0 Å². The molecule has 1 N–H and O–H groups in total. The molecule has 0 spiro atoms. The SMILES string of the molecule is C=C(Cl)CSc1nnc(-c2c[nH]c3ccccc23)n1CC1CCCO1. The summed E-state index contributed by atoms with van der Waals surface area (Å²) in [6.45, 7) is 5.34. The third kappa shape index (κ3) is 3.47. The van der Waals surface area contributed by atoms with E-state index in [1.54, 1.807) is 11.8 Å². The zero-order valence-electron chi connectivity index (χ0n) is 13.7. The molecule has 25 heavy (non-hydrogen) atoms. The lowest BCUT2D eigenvalue weighted by Crippen LogP contribution is -2.16. The number of ether oxygens (including phenoxy) is 1. The highest BCUT2D eigenvalue weighted by Crippen LogP contribution is 2.31. The highest BCUT2D eigenvalue weighted by Gasteiger charge is 2.23. The molecule has 0 radical (unpaired) electrons. The first-order chi connectivity index (χ1) is 12.2. The number of nitrogens with one attached hydrogen (secondary N) is 1. The zero-order chi connectivity index (χ0) is 17.2. The summed E-state index contributed by atoms with van der Waals surface area (Å²) in [6, 6.07) is 8.22. The van der Waals surface area contributed by atoms with Gasteiger partial charge in [-0.15, -0.1) is 10.2 Å². The molecule has 1 aromatic carbocycles. The van der Waals surface area contributed by atoms with Crippen LogP contribution in [0.25, 0.3) is 22.3 Å². The molecule has 0 amide bonds. The van der Waals surface area contributed by atoms with Gasteiger partial charge in [0, 0.05) is 40.1 Å². The molecular formula is C18H19ClN4OS. The molecule has 130 valence electrons. The topological polar surface area (TPSA) is 55.7 Å². The van der Waals surface area contributed by atoms with Gasteiger partial charge in [0.2, 0.25) is 0 Å². The minimum atomic E-state index is 0.207. The number of halogens is 1. The lowest BCUT2D eigenvalue weighted by molar-refractivity contribution is 0.0953. The van der Waals surface area contributed by atoms with Crippen molar-refractivity contribution in [2.75, 3.05) is 12.4 Å². The number of para-hydroxylation sites is 1. The van der Waals surface area contributed by atoms with Gasteiger partial charge in [-0.3, -0.25) is 4.57 Å². The average molecular weight is 375 g/mol. The molecule has 2 aromatic heterocycles. The Morgan fingerprint density at radius 1 is 1.40 bits per heavy atom. The summed E-state index contributed by atoms with van der Waals surface area (Å²) in [4.78, 5) is 3.31. The van der Waals surface area contributed by atoms with Crippen LogP contribution in [-0.4, -0.2) is 38.2 Å². The van der Waals surface area contributed by atoms with E-state index in [9.17, 15) is 0 Å². The maximum Gasteiger partial charge on any atom is 0.191 e. The summed E-state index contributed by atoms with van der Waals surface area (Å²) < 4.78 is 7.98. The summed E-state index contributed by atoms with van der Waals surface area (Å²) in [5.41, 5.74) is 2.14. The molecule has 0 bridgehead atoms. The highest BCUT2D eigenvalue weighted by atomic mass is 35.5. The Hall–Kier alpha value is -1.76. The Kier molecular flexibility index (Phi) is 4.83. The van der Waals surface area contributed by atoms with Gasteiger partial charge in [0.1, 0.15) is 0 Å². The monoisotopic (exact) mass is 374 g/mol. The van der Waals surface area contributed by atoms with Gasteiger partial charge in [0.25, 0.3) is 0 Å². The smallest absolute Gasteiger partial charge is 0.191 e. The first kappa shape index (κ1) is 16.7. The van der Waals surface area contributed by atoms with Crippen LogP contribution in [0.1, 0.15) is 12.8 Å². The second-order valence-corrected chi connectivity index (χ2v) is 7.58. The van der Waals surface area contributed by atoms with Gasteiger partial charge in [-0.2, -0.15) is 0 Å². The molecule has 4 rings (SSSR count). The van der Waals surface area contributed by atoms with Crippen molar-refractivity contribution in [3.05, 3.63) is 42.1 Å². The number of rotatable bonds is 6. The summed E-state index contributed by atoms with van der Waals surface area (Å²) in [5, 5.41) is 11.5. The van der Waals surface area contributed by atoms with Crippen LogP contribution in [0, 0.1) is 0 Å². The van der Waals surface area contributed by atoms with E-state index in [1.807, 2.05) is 18.3 Å². The van der Waals surface area contributed by atoms with Crippen LogP contribution in [0.15, 0.2) is 47.2 Å². The maximum absolute atomic E-state index is 5.93. The molecule has 3 heterocycles. The number of benzene rings is 1. The second kappa shape index (κ2) is 7.23. The molecule has 5 nitrogen and oxygen atoms in total. The van der Waals surface area contributed by atoms with Gasteiger partial charge >= 0.3 is 0 Å². The van der Waals surface area contributed by atoms with Crippen LogP contribution in [0.3, 0.4) is 0 Å². The second-order valence-electron chi connectivity index (χ2n) is 6.11. The molecule has 1 aliphatic rings. The minimum absolute atomic E-state index is 0.207. The number of H-pyrrole nitrogens is 1. The first-order valence-electron chi connectivity index (χ1n) is 8.30. The lowest BCUT2D eigenvalue weighted by atomic mass is 10.1. The number of thioether (sulfide) groups is 1. The van der Waals surface area contributed by atoms with Crippen molar-refractivity contribution in [2.45, 2.75) is 30.6 Å². The minimum Gasteiger partial charge on any atom is -0.376 e. The fourth-order valence-electron chi connectivity index (χ4n) is 3.15. The largest absolute Gasteiger partial charge is 0.376 e. The van der Waals surface area contributed by atoms with E-state index in [0.717, 1.165) is 53.4 Å². The number of hydrogen-bond acceptors (Lipinski definition) is 4. The van der Waals surface area contributed by atoms with Crippen molar-refractivity contribution in [2.24, 2.45) is 0 Å². The van der Waals surface area contributed by atoms with Gasteiger partial charge in [0.15, 0.2) is 11.0 Å². The van der Waals surface area contributed by atoms with Crippen LogP contribution < -0.4 is 0 Å². The molecule has 0 aliphatic carbocycles. The molecule has 1 aliphatic heterocycles. The van der Waals surface area contributed by atoms with E-state index in [4.69, 9.17) is 16.3 Å². The van der Waals surface area contributed by atoms with E-state index in [0.29, 0.717) is 10.8 Å². The van der Waals surface area contributed by atoms with E-state index in [2.05, 4.69) is 38.5 Å². The standard InChI is InChI=1S/C18H19ClN4OS/c1-12(19)11-25-18-22-21-17(23(18)10-13-5-4-8-24-13)15-9-20-16-7-3-2-6-14(15)16/h2-3,6-7,9,13,20H,1,4-5,8,10-11H2. The first-order valence-corrected chi connectivity index (χ1v) is 9.66. The molecule has 1 fully saturated rings. The van der Waals surface area contributed by atoms with Gasteiger partial charge in [-0.05, 0) is 18.9 Å². The molecular weight excluding hydrogens is 356 g/mol. The number of nitrogens with zero attached hydrogens (tertiary/aromatic N) is 3. The maximum atomic E-state index is 5.93. The summed E-state index contributed by atoms with van der Waals surface area (Å²) >= 11 is 7.49. The normalized spacial score (nSPS) is 17.4. The highest BCUT2D eigenvalue weighted by molar-refractivity contribution is 7.99. The van der Waals surface area contributed by atoms with Gasteiger partial charge in [0.05, 0.1) is 12.6 Å². The Balaban J connectivity index is 1.74. The average Bonchev–Trinajstić information content (AvgIpc) is 3.33. The number of aromatic amines is 1. The van der Waals surface area contributed by atoms with Crippen LogP contribution in [0.4, 0.5) is 0 Å². The molecule has 1 atom stereocenters. The fourth-order valence-corrected chi connectivity index (χ4v) is 4.02. The van der Waals surface area contributed by atoms with Crippen molar-refractivity contribution in [3.63, 3.8) is 0 Å². The van der Waals surface area contributed by atoms with Gasteiger partial charge < -0.3 is 9.72 Å². The third-order valence-corrected chi connectivity index (χ3v) is 5.66. The Morgan fingerprint density at radius 3 is 3.08 bits per heavy atom. The third-order valence-electron chi connectivity index (χ3n) is 4.32. The van der Waals surface area contributed by atoms with E-state index >= 15 is 0 Å². The van der Waals surface area contributed by atoms with Crippen LogP contribution in [0.5, 0.6) is 0 Å². The molecule has 0 saturated carbocycles. The quantitative estimate of drug-likeness (QED) is 0.647. The molecule has 3 aromatic rings. The predicted molar refractivity (Wildman–Crippen MR) is 102 cm³/mol.